The number of amides is 1. The summed E-state index contributed by atoms with van der Waals surface area (Å²) in [6, 6.07) is 3.11. The number of nitrogens with two attached hydrogens (primary N) is 1. The second-order valence-electron chi connectivity index (χ2n) is 6.52. The molecular weight excluding hydrogens is 371 g/mol. The van der Waals surface area contributed by atoms with Gasteiger partial charge >= 0.3 is 0 Å². The number of hydrogen-bond acceptors (Lipinski definition) is 4. The lowest BCUT2D eigenvalue weighted by Gasteiger charge is -2.29. The zero-order valence-electron chi connectivity index (χ0n) is 15.7. The molecule has 1 amide bonds. The van der Waals surface area contributed by atoms with Crippen LogP contribution in [0.25, 0.3) is 0 Å². The summed E-state index contributed by atoms with van der Waals surface area (Å²) in [7, 11) is -3.85. The van der Waals surface area contributed by atoms with Gasteiger partial charge in [0, 0.05) is 6.54 Å². The van der Waals surface area contributed by atoms with Gasteiger partial charge in [0.25, 0.3) is 0 Å². The number of ether oxygens (including phenoxy) is 1. The molecule has 0 unspecified atom stereocenters. The Morgan fingerprint density at radius 1 is 1.33 bits per heavy atom. The van der Waals surface area contributed by atoms with Gasteiger partial charge in [0.2, 0.25) is 15.9 Å². The molecule has 150 valence electrons. The lowest BCUT2D eigenvalue weighted by atomic mass is 10.0. The van der Waals surface area contributed by atoms with Crippen molar-refractivity contribution >= 4 is 15.9 Å². The molecule has 1 rings (SSSR count). The van der Waals surface area contributed by atoms with Gasteiger partial charge in [-0.2, -0.15) is 4.31 Å². The zero-order chi connectivity index (χ0) is 20.6. The molecule has 0 aliphatic heterocycles. The average Bonchev–Trinajstić information content (AvgIpc) is 2.56. The number of rotatable bonds is 12. The standard InChI is InChI=1S/C19H27FN2O4S/c1-5-9-26-18-8-7-15(12-16(18)20)13-22(27(24,25)10-6-2)17(19(21)23)11-14(3)4/h5-8,12,14,17H,1-2,9-11,13H2,3-4H3,(H2,21,23)/t17-/m1/s1. The molecule has 0 bridgehead atoms. The van der Waals surface area contributed by atoms with E-state index in [0.29, 0.717) is 5.56 Å². The van der Waals surface area contributed by atoms with Crippen molar-refractivity contribution in [1.29, 1.82) is 0 Å². The number of hydrogen-bond donors (Lipinski definition) is 1. The summed E-state index contributed by atoms with van der Waals surface area (Å²) in [4.78, 5) is 11.9. The molecule has 8 heteroatoms. The minimum absolute atomic E-state index is 0.0350. The number of halogens is 1. The first kappa shape index (κ1) is 22.9. The lowest BCUT2D eigenvalue weighted by molar-refractivity contribution is -0.122. The fourth-order valence-electron chi connectivity index (χ4n) is 2.56. The van der Waals surface area contributed by atoms with E-state index in [1.165, 1.54) is 24.3 Å². The van der Waals surface area contributed by atoms with Crippen LogP contribution < -0.4 is 10.5 Å². The van der Waals surface area contributed by atoms with Crippen molar-refractivity contribution < 1.29 is 22.3 Å². The van der Waals surface area contributed by atoms with Gasteiger partial charge in [-0.25, -0.2) is 12.8 Å². The summed E-state index contributed by atoms with van der Waals surface area (Å²) >= 11 is 0. The Hall–Kier alpha value is -2.19. The molecule has 0 saturated carbocycles. The van der Waals surface area contributed by atoms with E-state index in [0.717, 1.165) is 4.31 Å². The molecule has 0 spiro atoms. The molecule has 1 aromatic rings. The van der Waals surface area contributed by atoms with Crippen LogP contribution in [0.3, 0.4) is 0 Å². The summed E-state index contributed by atoms with van der Waals surface area (Å²) in [6.45, 7) is 10.6. The van der Waals surface area contributed by atoms with Crippen LogP contribution in [0.5, 0.6) is 5.75 Å². The largest absolute Gasteiger partial charge is 0.486 e. The van der Waals surface area contributed by atoms with Crippen molar-refractivity contribution in [3.8, 4) is 5.75 Å². The zero-order valence-corrected chi connectivity index (χ0v) is 16.5. The quantitative estimate of drug-likeness (QED) is 0.548. The first-order valence-corrected chi connectivity index (χ1v) is 10.1. The van der Waals surface area contributed by atoms with E-state index in [1.54, 1.807) is 6.07 Å². The maximum Gasteiger partial charge on any atom is 0.235 e. The third-order valence-corrected chi connectivity index (χ3v) is 5.50. The van der Waals surface area contributed by atoms with Gasteiger partial charge in [-0.3, -0.25) is 4.79 Å². The molecule has 0 fully saturated rings. The van der Waals surface area contributed by atoms with Crippen LogP contribution in [0.1, 0.15) is 25.8 Å². The lowest BCUT2D eigenvalue weighted by Crippen LogP contribution is -2.48. The summed E-state index contributed by atoms with van der Waals surface area (Å²) in [6.07, 6.45) is 2.98. The highest BCUT2D eigenvalue weighted by Crippen LogP contribution is 2.23. The molecule has 2 N–H and O–H groups in total. The maximum absolute atomic E-state index is 14.2. The van der Waals surface area contributed by atoms with Crippen LogP contribution in [-0.4, -0.2) is 37.0 Å². The van der Waals surface area contributed by atoms with Gasteiger partial charge in [0.1, 0.15) is 12.6 Å². The molecule has 0 aromatic heterocycles. The highest BCUT2D eigenvalue weighted by Gasteiger charge is 2.33. The van der Waals surface area contributed by atoms with Crippen LogP contribution in [0.2, 0.25) is 0 Å². The number of carbonyl (C=O) groups is 1. The van der Waals surface area contributed by atoms with Crippen molar-refractivity contribution in [2.24, 2.45) is 11.7 Å². The van der Waals surface area contributed by atoms with Gasteiger partial charge in [0.15, 0.2) is 11.6 Å². The Kier molecular flexibility index (Phi) is 8.65. The van der Waals surface area contributed by atoms with Crippen LogP contribution in [0.4, 0.5) is 4.39 Å². The van der Waals surface area contributed by atoms with E-state index in [2.05, 4.69) is 13.2 Å². The minimum Gasteiger partial charge on any atom is -0.486 e. The van der Waals surface area contributed by atoms with Crippen LogP contribution >= 0.6 is 0 Å². The third-order valence-electron chi connectivity index (χ3n) is 3.75. The van der Waals surface area contributed by atoms with Crippen LogP contribution in [0, 0.1) is 11.7 Å². The topological polar surface area (TPSA) is 89.7 Å². The fourth-order valence-corrected chi connectivity index (χ4v) is 3.97. The number of carbonyl (C=O) groups excluding carboxylic acids is 1. The smallest absolute Gasteiger partial charge is 0.235 e. The van der Waals surface area contributed by atoms with Crippen molar-refractivity contribution in [2.45, 2.75) is 32.9 Å². The summed E-state index contributed by atoms with van der Waals surface area (Å²) in [5.41, 5.74) is 5.84. The van der Waals surface area contributed by atoms with Crippen molar-refractivity contribution in [1.82, 2.24) is 4.31 Å². The van der Waals surface area contributed by atoms with E-state index < -0.39 is 27.8 Å². The highest BCUT2D eigenvalue weighted by atomic mass is 32.2. The summed E-state index contributed by atoms with van der Waals surface area (Å²) < 4.78 is 45.8. The normalized spacial score (nSPS) is 12.8. The Balaban J connectivity index is 3.24. The third kappa shape index (κ3) is 6.80. The molecule has 0 heterocycles. The molecule has 0 aliphatic rings. The van der Waals surface area contributed by atoms with Gasteiger partial charge in [-0.1, -0.05) is 38.6 Å². The average molecular weight is 399 g/mol. The predicted octanol–water partition coefficient (Wildman–Crippen LogP) is 2.61. The number of primary amides is 1. The van der Waals surface area contributed by atoms with E-state index in [4.69, 9.17) is 10.5 Å². The van der Waals surface area contributed by atoms with E-state index in [1.807, 2.05) is 13.8 Å². The molecule has 1 aromatic carbocycles. The molecule has 6 nitrogen and oxygen atoms in total. The summed E-state index contributed by atoms with van der Waals surface area (Å²) in [5, 5.41) is 0. The minimum atomic E-state index is -3.85. The van der Waals surface area contributed by atoms with Gasteiger partial charge in [-0.15, -0.1) is 6.58 Å². The first-order valence-electron chi connectivity index (χ1n) is 8.54. The number of nitrogens with zero attached hydrogens (tertiary/aromatic N) is 1. The van der Waals surface area contributed by atoms with Gasteiger partial charge in [0.05, 0.1) is 5.75 Å². The first-order chi connectivity index (χ1) is 12.6. The van der Waals surface area contributed by atoms with E-state index >= 15 is 0 Å². The Morgan fingerprint density at radius 2 is 2.00 bits per heavy atom. The highest BCUT2D eigenvalue weighted by molar-refractivity contribution is 7.89. The van der Waals surface area contributed by atoms with Gasteiger partial charge in [-0.05, 0) is 30.0 Å². The second kappa shape index (κ2) is 10.2. The molecule has 0 radical (unpaired) electrons. The van der Waals surface area contributed by atoms with E-state index in [-0.39, 0.29) is 37.0 Å². The summed E-state index contributed by atoms with van der Waals surface area (Å²) in [5.74, 6) is -1.65. The SMILES string of the molecule is C=CCOc1ccc(CN([C@H](CC(C)C)C(N)=O)S(=O)(=O)CC=C)cc1F. The number of sulfonamides is 1. The predicted molar refractivity (Wildman–Crippen MR) is 104 cm³/mol. The van der Waals surface area contributed by atoms with Crippen molar-refractivity contribution in [3.05, 3.63) is 54.9 Å². The van der Waals surface area contributed by atoms with Crippen molar-refractivity contribution in [3.63, 3.8) is 0 Å². The Morgan fingerprint density at radius 3 is 2.48 bits per heavy atom. The Labute approximate surface area is 160 Å². The molecule has 0 saturated heterocycles. The van der Waals surface area contributed by atoms with Crippen LogP contribution in [-0.2, 0) is 21.4 Å². The van der Waals surface area contributed by atoms with E-state index in [9.17, 15) is 17.6 Å². The second-order valence-corrected chi connectivity index (χ2v) is 8.49. The molecule has 27 heavy (non-hydrogen) atoms. The number of benzene rings is 1. The fraction of sp³-hybridized carbons (Fsp3) is 0.421. The van der Waals surface area contributed by atoms with Crippen LogP contribution in [0.15, 0.2) is 43.5 Å². The van der Waals surface area contributed by atoms with Crippen molar-refractivity contribution in [2.75, 3.05) is 12.4 Å². The molecule has 1 atom stereocenters. The molecular formula is C19H27FN2O4S. The monoisotopic (exact) mass is 398 g/mol. The molecule has 0 aliphatic carbocycles. The maximum atomic E-state index is 14.2. The van der Waals surface area contributed by atoms with Gasteiger partial charge < -0.3 is 10.5 Å². The Bertz CT molecular complexity index is 778.